The molecule has 0 aliphatic carbocycles. The van der Waals surface area contributed by atoms with Gasteiger partial charge >= 0.3 is 32.7 Å². The third kappa shape index (κ3) is 152. The molecule has 0 aromatic rings. The minimum Gasteiger partial charge on any atom is -0.372 e. The summed E-state index contributed by atoms with van der Waals surface area (Å²) in [5, 5.41) is 0. The smallest absolute Gasteiger partial charge is 0.372 e. The number of hydrogen-bond acceptors (Lipinski definition) is 0. The molecule has 0 aliphatic heterocycles. The van der Waals surface area contributed by atoms with E-state index in [1.54, 1.807) is 0 Å². The Balaban J connectivity index is -0.0000000400. The van der Waals surface area contributed by atoms with Crippen LogP contribution in [0.1, 0.15) is 19.8 Å². The summed E-state index contributed by atoms with van der Waals surface area (Å²) < 4.78 is 0. The topological polar surface area (TPSA) is 0 Å². The Kier molecular flexibility index (Phi) is 61.6. The van der Waals surface area contributed by atoms with E-state index >= 15 is 0 Å². The van der Waals surface area contributed by atoms with Gasteiger partial charge in [0.25, 0.3) is 0 Å². The van der Waals surface area contributed by atoms with Crippen molar-refractivity contribution in [3.05, 3.63) is 20.8 Å². The molecule has 0 atom stereocenters. The first-order valence-electron chi connectivity index (χ1n) is 2.21. The molecular weight excluding hydrogens is 161 g/mol. The van der Waals surface area contributed by atoms with Gasteiger partial charge in [0.2, 0.25) is 0 Å². The first-order valence-corrected chi connectivity index (χ1v) is 2.21. The van der Waals surface area contributed by atoms with E-state index in [4.69, 9.17) is 0 Å². The molecule has 0 N–H and O–H groups in total. The van der Waals surface area contributed by atoms with Crippen molar-refractivity contribution in [2.45, 2.75) is 19.8 Å². The molecule has 0 amide bonds. The largest absolute Gasteiger partial charge is 3.00 e. The fourth-order valence-corrected chi connectivity index (χ4v) is 0. The molecule has 0 unspecified atom stereocenters. The molecule has 0 aromatic heterocycles. The second kappa shape index (κ2) is 27.5. The SMILES string of the molecule is [CH2-]CC.[CH2-]C[CH2-].[Y+3]. The van der Waals surface area contributed by atoms with Gasteiger partial charge in [0, 0.05) is 0 Å². The third-order valence-electron chi connectivity index (χ3n) is 0. The Morgan fingerprint density at radius 3 is 1.14 bits per heavy atom. The van der Waals surface area contributed by atoms with Crippen molar-refractivity contribution in [1.82, 2.24) is 0 Å². The van der Waals surface area contributed by atoms with E-state index in [0.29, 0.717) is 0 Å². The molecule has 0 aromatic carbocycles. The van der Waals surface area contributed by atoms with Crippen molar-refractivity contribution in [2.75, 3.05) is 0 Å². The van der Waals surface area contributed by atoms with Crippen LogP contribution in [0.3, 0.4) is 0 Å². The van der Waals surface area contributed by atoms with Gasteiger partial charge in [-0.15, -0.1) is 0 Å². The van der Waals surface area contributed by atoms with Gasteiger partial charge in [-0.3, -0.25) is 0 Å². The zero-order chi connectivity index (χ0) is 5.41. The summed E-state index contributed by atoms with van der Waals surface area (Å²) in [7, 11) is 0. The van der Waals surface area contributed by atoms with E-state index in [1.807, 2.05) is 6.92 Å². The standard InChI is InChI=1S/C3H7.C3H6.Y/c2*1-3-2;/h1,3H2,2H3;1-3H2;/q-1;-2;+3. The molecule has 0 nitrogen and oxygen atoms in total. The second-order valence-corrected chi connectivity index (χ2v) is 0.854. The molecule has 0 radical (unpaired) electrons. The quantitative estimate of drug-likeness (QED) is 0.494. The van der Waals surface area contributed by atoms with Gasteiger partial charge < -0.3 is 27.2 Å². The van der Waals surface area contributed by atoms with Gasteiger partial charge in [0.15, 0.2) is 0 Å². The van der Waals surface area contributed by atoms with Crippen molar-refractivity contribution < 1.29 is 32.7 Å². The first kappa shape index (κ1) is 15.7. The molecule has 0 bridgehead atoms. The Morgan fingerprint density at radius 2 is 1.14 bits per heavy atom. The maximum atomic E-state index is 3.49. The zero-order valence-electron chi connectivity index (χ0n) is 5.11. The summed E-state index contributed by atoms with van der Waals surface area (Å²) in [5.74, 6) is 0. The molecule has 0 aliphatic rings. The maximum Gasteiger partial charge on any atom is 3.00 e. The minimum absolute atomic E-state index is 0. The van der Waals surface area contributed by atoms with Gasteiger partial charge in [-0.05, 0) is 0 Å². The van der Waals surface area contributed by atoms with Crippen molar-refractivity contribution in [2.24, 2.45) is 0 Å². The van der Waals surface area contributed by atoms with Crippen LogP contribution in [-0.2, 0) is 32.7 Å². The van der Waals surface area contributed by atoms with Crippen molar-refractivity contribution >= 4 is 0 Å². The van der Waals surface area contributed by atoms with Crippen LogP contribution in [0.4, 0.5) is 0 Å². The summed E-state index contributed by atoms with van der Waals surface area (Å²) in [6.07, 6.45) is 1.75. The van der Waals surface area contributed by atoms with Crippen LogP contribution in [0.2, 0.25) is 0 Å². The fraction of sp³-hybridized carbons (Fsp3) is 0.500. The van der Waals surface area contributed by atoms with E-state index in [0.717, 1.165) is 12.8 Å². The van der Waals surface area contributed by atoms with E-state index in [9.17, 15) is 0 Å². The molecule has 40 valence electrons. The monoisotopic (exact) mass is 174 g/mol. The third-order valence-corrected chi connectivity index (χ3v) is 0. The molecule has 0 heterocycles. The van der Waals surface area contributed by atoms with Crippen LogP contribution < -0.4 is 0 Å². The van der Waals surface area contributed by atoms with Gasteiger partial charge in [0.05, 0.1) is 0 Å². The van der Waals surface area contributed by atoms with Gasteiger partial charge in [-0.25, -0.2) is 0 Å². The number of rotatable bonds is 0. The molecule has 0 saturated carbocycles. The van der Waals surface area contributed by atoms with Crippen LogP contribution in [-0.4, -0.2) is 0 Å². The van der Waals surface area contributed by atoms with E-state index in [1.165, 1.54) is 0 Å². The van der Waals surface area contributed by atoms with Crippen LogP contribution in [0.15, 0.2) is 0 Å². The Bertz CT molecular complexity index is 6.14. The minimum atomic E-state index is 0. The average molecular weight is 174 g/mol. The zero-order valence-corrected chi connectivity index (χ0v) is 7.95. The molecule has 0 spiro atoms. The van der Waals surface area contributed by atoms with E-state index < -0.39 is 0 Å². The first-order chi connectivity index (χ1) is 2.83. The van der Waals surface area contributed by atoms with Crippen molar-refractivity contribution in [3.63, 3.8) is 0 Å². The predicted molar refractivity (Wildman–Crippen MR) is 31.0 cm³/mol. The van der Waals surface area contributed by atoms with Crippen LogP contribution in [0.25, 0.3) is 0 Å². The summed E-state index contributed by atoms with van der Waals surface area (Å²) in [6.45, 7) is 12.2. The number of hydrogen-bond donors (Lipinski definition) is 0. The summed E-state index contributed by atoms with van der Waals surface area (Å²) >= 11 is 0. The molecule has 0 saturated heterocycles. The maximum absolute atomic E-state index is 3.49. The van der Waals surface area contributed by atoms with Crippen LogP contribution in [0.5, 0.6) is 0 Å². The molecule has 0 rings (SSSR count). The van der Waals surface area contributed by atoms with E-state index in [-0.39, 0.29) is 32.7 Å². The predicted octanol–water partition coefficient (Wildman–Crippen LogP) is 2.27. The summed E-state index contributed by atoms with van der Waals surface area (Å²) in [6, 6.07) is 0. The van der Waals surface area contributed by atoms with Crippen LogP contribution in [0, 0.1) is 20.8 Å². The van der Waals surface area contributed by atoms with Crippen molar-refractivity contribution in [3.8, 4) is 0 Å². The Hall–Kier alpha value is 1.10. The van der Waals surface area contributed by atoms with Gasteiger partial charge in [0.1, 0.15) is 0 Å². The summed E-state index contributed by atoms with van der Waals surface area (Å²) in [4.78, 5) is 0. The average Bonchev–Trinajstić information content (AvgIpc) is 1.39. The Labute approximate surface area is 73.0 Å². The van der Waals surface area contributed by atoms with Gasteiger partial charge in [-0.2, -0.15) is 6.42 Å². The van der Waals surface area contributed by atoms with Crippen LogP contribution >= 0.6 is 0 Å². The van der Waals surface area contributed by atoms with Crippen molar-refractivity contribution in [1.29, 1.82) is 0 Å². The molecular formula is C6H13Y. The molecule has 7 heavy (non-hydrogen) atoms. The summed E-state index contributed by atoms with van der Waals surface area (Å²) in [5.41, 5.74) is 0. The van der Waals surface area contributed by atoms with E-state index in [2.05, 4.69) is 20.8 Å². The Morgan fingerprint density at radius 1 is 1.14 bits per heavy atom. The fourth-order valence-electron chi connectivity index (χ4n) is 0. The molecule has 1 heteroatoms. The van der Waals surface area contributed by atoms with Gasteiger partial charge in [-0.1, -0.05) is 6.92 Å². The molecule has 0 fully saturated rings. The normalized spacial score (nSPS) is 5.14. The second-order valence-electron chi connectivity index (χ2n) is 0.854.